The van der Waals surface area contributed by atoms with Crippen molar-refractivity contribution in [1.82, 2.24) is 9.80 Å². The van der Waals surface area contributed by atoms with Gasteiger partial charge in [0.25, 0.3) is 0 Å². The summed E-state index contributed by atoms with van der Waals surface area (Å²) in [4.78, 5) is 25.5. The number of rotatable bonds is 5. The van der Waals surface area contributed by atoms with Gasteiger partial charge in [0, 0.05) is 32.7 Å². The predicted molar refractivity (Wildman–Crippen MR) is 61.8 cm³/mol. The van der Waals surface area contributed by atoms with E-state index in [9.17, 15) is 9.59 Å². The second kappa shape index (κ2) is 6.90. The summed E-state index contributed by atoms with van der Waals surface area (Å²) in [7, 11) is 0. The lowest BCUT2D eigenvalue weighted by molar-refractivity contribution is -0.137. The summed E-state index contributed by atoms with van der Waals surface area (Å²) < 4.78 is 4.92. The van der Waals surface area contributed by atoms with Gasteiger partial charge in [0.05, 0.1) is 6.42 Å². The highest BCUT2D eigenvalue weighted by atomic mass is 16.6. The van der Waals surface area contributed by atoms with Crippen molar-refractivity contribution in [2.45, 2.75) is 6.42 Å². The molecule has 0 radical (unpaired) electrons. The van der Waals surface area contributed by atoms with Crippen molar-refractivity contribution >= 4 is 12.1 Å². The van der Waals surface area contributed by atoms with Crippen LogP contribution in [0.1, 0.15) is 6.42 Å². The van der Waals surface area contributed by atoms with E-state index in [4.69, 9.17) is 9.84 Å². The molecule has 1 saturated heterocycles. The summed E-state index contributed by atoms with van der Waals surface area (Å²) in [5.41, 5.74) is 0. The Bertz CT molecular complexity index is 285. The molecule has 1 fully saturated rings. The van der Waals surface area contributed by atoms with Gasteiger partial charge in [0.2, 0.25) is 0 Å². The van der Waals surface area contributed by atoms with Crippen molar-refractivity contribution in [2.24, 2.45) is 0 Å². The zero-order chi connectivity index (χ0) is 12.7. The zero-order valence-corrected chi connectivity index (χ0v) is 9.80. The fourth-order valence-corrected chi connectivity index (χ4v) is 1.63. The van der Waals surface area contributed by atoms with Gasteiger partial charge in [-0.2, -0.15) is 0 Å². The Balaban J connectivity index is 2.23. The van der Waals surface area contributed by atoms with Crippen LogP contribution in [0, 0.1) is 0 Å². The monoisotopic (exact) mass is 242 g/mol. The van der Waals surface area contributed by atoms with Crippen LogP contribution in [-0.4, -0.2) is 66.3 Å². The van der Waals surface area contributed by atoms with E-state index in [1.165, 1.54) is 6.08 Å². The molecular formula is C11H18N2O4. The number of carboxylic acids is 1. The number of amides is 1. The van der Waals surface area contributed by atoms with Crippen LogP contribution in [0.3, 0.4) is 0 Å². The summed E-state index contributed by atoms with van der Waals surface area (Å²) in [5, 5.41) is 8.56. The molecule has 1 heterocycles. The van der Waals surface area contributed by atoms with Gasteiger partial charge in [-0.05, 0) is 0 Å². The molecule has 0 atom stereocenters. The number of hydrogen-bond donors (Lipinski definition) is 1. The molecular weight excluding hydrogens is 224 g/mol. The van der Waals surface area contributed by atoms with Gasteiger partial charge in [-0.25, -0.2) is 4.79 Å². The van der Waals surface area contributed by atoms with Crippen molar-refractivity contribution in [2.75, 3.05) is 39.3 Å². The molecule has 0 aliphatic carbocycles. The molecule has 1 aliphatic heterocycles. The summed E-state index contributed by atoms with van der Waals surface area (Å²) in [6, 6.07) is 0. The van der Waals surface area contributed by atoms with Crippen LogP contribution in [0.5, 0.6) is 0 Å². The average Bonchev–Trinajstić information content (AvgIpc) is 2.34. The van der Waals surface area contributed by atoms with Gasteiger partial charge < -0.3 is 14.7 Å². The second-order valence-electron chi connectivity index (χ2n) is 3.84. The van der Waals surface area contributed by atoms with E-state index in [-0.39, 0.29) is 19.1 Å². The molecule has 17 heavy (non-hydrogen) atoms. The van der Waals surface area contributed by atoms with Crippen molar-refractivity contribution in [3.8, 4) is 0 Å². The normalized spacial score (nSPS) is 16.6. The van der Waals surface area contributed by atoms with Crippen molar-refractivity contribution in [3.05, 3.63) is 12.7 Å². The first-order valence-electron chi connectivity index (χ1n) is 5.60. The Morgan fingerprint density at radius 1 is 1.29 bits per heavy atom. The summed E-state index contributed by atoms with van der Waals surface area (Å²) >= 11 is 0. The number of ether oxygens (including phenoxy) is 1. The summed E-state index contributed by atoms with van der Waals surface area (Å²) in [6.45, 7) is 6.76. The Morgan fingerprint density at radius 3 is 2.47 bits per heavy atom. The third-order valence-electron chi connectivity index (χ3n) is 2.60. The molecule has 0 aromatic carbocycles. The van der Waals surface area contributed by atoms with Crippen molar-refractivity contribution in [1.29, 1.82) is 0 Å². The van der Waals surface area contributed by atoms with Crippen LogP contribution in [0.25, 0.3) is 0 Å². The first-order chi connectivity index (χ1) is 8.13. The molecule has 1 rings (SSSR count). The van der Waals surface area contributed by atoms with Gasteiger partial charge in [-0.15, -0.1) is 0 Å². The predicted octanol–water partition coefficient (Wildman–Crippen LogP) is 0.401. The number of piperazine rings is 1. The summed E-state index contributed by atoms with van der Waals surface area (Å²) in [5.74, 6) is -0.794. The number of hydrogen-bond acceptors (Lipinski definition) is 4. The highest BCUT2D eigenvalue weighted by molar-refractivity contribution is 5.68. The molecule has 0 aromatic heterocycles. The Hall–Kier alpha value is -1.56. The minimum Gasteiger partial charge on any atom is -0.481 e. The molecule has 6 heteroatoms. The maximum absolute atomic E-state index is 11.5. The third kappa shape index (κ3) is 4.86. The van der Waals surface area contributed by atoms with Gasteiger partial charge in [0.1, 0.15) is 6.61 Å². The van der Waals surface area contributed by atoms with E-state index < -0.39 is 5.97 Å². The molecule has 0 unspecified atom stereocenters. The number of carboxylic acid groups (broad SMARTS) is 1. The molecule has 1 aliphatic rings. The van der Waals surface area contributed by atoms with E-state index in [2.05, 4.69) is 6.58 Å². The number of carbonyl (C=O) groups excluding carboxylic acids is 1. The molecule has 1 amide bonds. The van der Waals surface area contributed by atoms with Crippen LogP contribution in [0.2, 0.25) is 0 Å². The maximum atomic E-state index is 11.5. The van der Waals surface area contributed by atoms with E-state index >= 15 is 0 Å². The van der Waals surface area contributed by atoms with E-state index in [0.29, 0.717) is 32.7 Å². The Labute approximate surface area is 100 Å². The minimum atomic E-state index is -0.794. The third-order valence-corrected chi connectivity index (χ3v) is 2.60. The first-order valence-corrected chi connectivity index (χ1v) is 5.60. The summed E-state index contributed by atoms with van der Waals surface area (Å²) in [6.07, 6.45) is 1.34. The smallest absolute Gasteiger partial charge is 0.410 e. The Kier molecular flexibility index (Phi) is 5.48. The number of nitrogens with zero attached hydrogens (tertiary/aromatic N) is 2. The van der Waals surface area contributed by atoms with Crippen LogP contribution >= 0.6 is 0 Å². The highest BCUT2D eigenvalue weighted by Crippen LogP contribution is 2.04. The quantitative estimate of drug-likeness (QED) is 0.707. The van der Waals surface area contributed by atoms with Crippen LogP contribution in [0.15, 0.2) is 12.7 Å². The zero-order valence-electron chi connectivity index (χ0n) is 9.80. The lowest BCUT2D eigenvalue weighted by Gasteiger charge is -2.33. The lowest BCUT2D eigenvalue weighted by atomic mass is 10.3. The second-order valence-corrected chi connectivity index (χ2v) is 3.84. The average molecular weight is 242 g/mol. The molecule has 96 valence electrons. The first kappa shape index (κ1) is 13.5. The van der Waals surface area contributed by atoms with Gasteiger partial charge >= 0.3 is 12.1 Å². The van der Waals surface area contributed by atoms with E-state index in [1.807, 2.05) is 4.90 Å². The molecule has 1 N–H and O–H groups in total. The van der Waals surface area contributed by atoms with Crippen molar-refractivity contribution in [3.63, 3.8) is 0 Å². The van der Waals surface area contributed by atoms with Crippen LogP contribution < -0.4 is 0 Å². The van der Waals surface area contributed by atoms with E-state index in [0.717, 1.165) is 0 Å². The molecule has 0 aromatic rings. The van der Waals surface area contributed by atoms with Gasteiger partial charge in [0.15, 0.2) is 0 Å². The maximum Gasteiger partial charge on any atom is 0.410 e. The topological polar surface area (TPSA) is 70.1 Å². The molecule has 6 nitrogen and oxygen atoms in total. The van der Waals surface area contributed by atoms with Crippen LogP contribution in [-0.2, 0) is 9.53 Å². The minimum absolute atomic E-state index is 0.140. The van der Waals surface area contributed by atoms with E-state index in [1.54, 1.807) is 4.90 Å². The molecule has 0 saturated carbocycles. The van der Waals surface area contributed by atoms with Crippen molar-refractivity contribution < 1.29 is 19.4 Å². The van der Waals surface area contributed by atoms with Crippen LogP contribution in [0.4, 0.5) is 4.79 Å². The highest BCUT2D eigenvalue weighted by Gasteiger charge is 2.21. The number of carbonyl (C=O) groups is 2. The Morgan fingerprint density at radius 2 is 1.94 bits per heavy atom. The molecule has 0 bridgehead atoms. The fraction of sp³-hybridized carbons (Fsp3) is 0.636. The molecule has 0 spiro atoms. The van der Waals surface area contributed by atoms with Gasteiger partial charge in [-0.3, -0.25) is 9.69 Å². The standard InChI is InChI=1S/C11H18N2O4/c1-2-9-17-11(16)13-7-5-12(6-8-13)4-3-10(14)15/h2H,1,3-9H2,(H,14,15). The fourth-order valence-electron chi connectivity index (χ4n) is 1.63. The number of aliphatic carboxylic acids is 1. The lowest BCUT2D eigenvalue weighted by Crippen LogP contribution is -2.49. The van der Waals surface area contributed by atoms with Gasteiger partial charge in [-0.1, -0.05) is 12.7 Å². The SMILES string of the molecule is C=CCOC(=O)N1CCN(CCC(=O)O)CC1. The largest absolute Gasteiger partial charge is 0.481 e.